The number of methoxy groups -OCH3 is 1. The number of carbonyl (C=O) groups is 1. The average Bonchev–Trinajstić information content (AvgIpc) is 2.32. The smallest absolute Gasteiger partial charge is 0.137 e. The lowest BCUT2D eigenvalue weighted by Gasteiger charge is -2.00. The van der Waals surface area contributed by atoms with Gasteiger partial charge in [-0.3, -0.25) is 4.98 Å². The van der Waals surface area contributed by atoms with Gasteiger partial charge in [0.05, 0.1) is 12.6 Å². The maximum atomic E-state index is 10.2. The van der Waals surface area contributed by atoms with Crippen molar-refractivity contribution in [2.24, 2.45) is 5.73 Å². The van der Waals surface area contributed by atoms with Gasteiger partial charge in [0.15, 0.2) is 0 Å². The van der Waals surface area contributed by atoms with Gasteiger partial charge in [-0.25, -0.2) is 0 Å². The summed E-state index contributed by atoms with van der Waals surface area (Å²) in [6.07, 6.45) is 4.64. The first-order valence-corrected chi connectivity index (χ1v) is 4.95. The van der Waals surface area contributed by atoms with Crippen molar-refractivity contribution in [2.75, 3.05) is 13.7 Å². The minimum absolute atomic E-state index is 0.426. The van der Waals surface area contributed by atoms with Crippen molar-refractivity contribution in [3.05, 3.63) is 42.7 Å². The largest absolute Gasteiger partial charge is 0.381 e. The number of hydrogen-bond donors (Lipinski definition) is 1. The van der Waals surface area contributed by atoms with Crippen molar-refractivity contribution < 1.29 is 9.53 Å². The maximum Gasteiger partial charge on any atom is 0.137 e. The Morgan fingerprint density at radius 2 is 2.38 bits per heavy atom. The quantitative estimate of drug-likeness (QED) is 0.595. The number of pyridine rings is 1. The maximum absolute atomic E-state index is 10.2. The Kier molecular flexibility index (Phi) is 9.06. The van der Waals surface area contributed by atoms with Crippen LogP contribution in [0.4, 0.5) is 0 Å². The summed E-state index contributed by atoms with van der Waals surface area (Å²) in [5, 5.41) is 0. The number of ether oxygens (including phenoxy) is 1. The summed E-state index contributed by atoms with van der Waals surface area (Å²) in [6, 6.07) is 5.13. The van der Waals surface area contributed by atoms with Crippen molar-refractivity contribution in [1.82, 2.24) is 4.98 Å². The summed E-state index contributed by atoms with van der Waals surface area (Å²) >= 11 is 0. The van der Waals surface area contributed by atoms with E-state index in [9.17, 15) is 4.79 Å². The molecule has 1 aromatic rings. The third-order valence-corrected chi connectivity index (χ3v) is 1.63. The molecule has 4 heteroatoms. The van der Waals surface area contributed by atoms with Crippen LogP contribution in [0.25, 0.3) is 0 Å². The van der Waals surface area contributed by atoms with E-state index in [2.05, 4.69) is 16.3 Å². The minimum atomic E-state index is -0.426. The fraction of sp³-hybridized carbons (Fsp3) is 0.333. The predicted molar refractivity (Wildman–Crippen MR) is 64.1 cm³/mol. The van der Waals surface area contributed by atoms with E-state index in [4.69, 9.17) is 5.73 Å². The van der Waals surface area contributed by atoms with E-state index in [1.807, 2.05) is 18.2 Å². The van der Waals surface area contributed by atoms with Crippen LogP contribution in [0, 0.1) is 0 Å². The Balaban J connectivity index is 0.000000385. The van der Waals surface area contributed by atoms with E-state index in [1.165, 1.54) is 0 Å². The van der Waals surface area contributed by atoms with Gasteiger partial charge in [-0.2, -0.15) is 0 Å². The summed E-state index contributed by atoms with van der Waals surface area (Å²) < 4.78 is 4.57. The van der Waals surface area contributed by atoms with Gasteiger partial charge in [-0.05, 0) is 12.1 Å². The lowest BCUT2D eigenvalue weighted by atomic mass is 10.2. The molecule has 0 saturated heterocycles. The molecule has 0 aliphatic rings. The number of nitrogens with zero attached hydrogens (tertiary/aromatic N) is 1. The Bertz CT molecular complexity index is 288. The first kappa shape index (κ1) is 14.5. The second-order valence-electron chi connectivity index (χ2n) is 3.07. The van der Waals surface area contributed by atoms with Crippen molar-refractivity contribution >= 4 is 6.29 Å². The molecule has 1 heterocycles. The minimum Gasteiger partial charge on any atom is -0.381 e. The molecule has 0 aromatic carbocycles. The molecule has 0 amide bonds. The molecule has 2 N–H and O–H groups in total. The summed E-state index contributed by atoms with van der Waals surface area (Å²) in [5.41, 5.74) is 6.25. The van der Waals surface area contributed by atoms with E-state index in [0.29, 0.717) is 13.0 Å². The number of rotatable bonds is 5. The van der Waals surface area contributed by atoms with Gasteiger partial charge in [0, 0.05) is 25.4 Å². The molecule has 0 aliphatic heterocycles. The topological polar surface area (TPSA) is 65.2 Å². The molecule has 0 unspecified atom stereocenters. The van der Waals surface area contributed by atoms with Crippen molar-refractivity contribution in [2.45, 2.75) is 12.5 Å². The van der Waals surface area contributed by atoms with Crippen LogP contribution in [0.15, 0.2) is 37.1 Å². The SMILES string of the molecule is C=CCOC.N[C@H](C=O)Cc1ccccn1. The Morgan fingerprint density at radius 1 is 1.62 bits per heavy atom. The van der Waals surface area contributed by atoms with Crippen LogP contribution >= 0.6 is 0 Å². The fourth-order valence-electron chi connectivity index (χ4n) is 0.926. The predicted octanol–water partition coefficient (Wildman–Crippen LogP) is 0.969. The molecule has 1 aromatic heterocycles. The fourth-order valence-corrected chi connectivity index (χ4v) is 0.926. The molecule has 4 nitrogen and oxygen atoms in total. The monoisotopic (exact) mass is 222 g/mol. The average molecular weight is 222 g/mol. The van der Waals surface area contributed by atoms with Gasteiger partial charge < -0.3 is 15.3 Å². The van der Waals surface area contributed by atoms with Crippen LogP contribution < -0.4 is 5.73 Å². The van der Waals surface area contributed by atoms with Crippen LogP contribution in [-0.4, -0.2) is 31.0 Å². The molecule has 0 bridgehead atoms. The zero-order valence-corrected chi connectivity index (χ0v) is 9.50. The first-order valence-electron chi connectivity index (χ1n) is 4.95. The van der Waals surface area contributed by atoms with E-state index in [0.717, 1.165) is 12.0 Å². The first-order chi connectivity index (χ1) is 7.74. The second kappa shape index (κ2) is 10.0. The van der Waals surface area contributed by atoms with Gasteiger partial charge in [-0.15, -0.1) is 6.58 Å². The summed E-state index contributed by atoms with van der Waals surface area (Å²) in [7, 11) is 1.64. The van der Waals surface area contributed by atoms with E-state index in [-0.39, 0.29) is 0 Å². The highest BCUT2D eigenvalue weighted by Gasteiger charge is 2.00. The molecular weight excluding hydrogens is 204 g/mol. The third kappa shape index (κ3) is 7.84. The molecule has 1 atom stereocenters. The Morgan fingerprint density at radius 3 is 2.75 bits per heavy atom. The molecular formula is C12H18N2O2. The number of aromatic nitrogens is 1. The van der Waals surface area contributed by atoms with Gasteiger partial charge in [0.2, 0.25) is 0 Å². The lowest BCUT2D eigenvalue weighted by Crippen LogP contribution is -2.24. The molecule has 0 radical (unpaired) electrons. The number of nitrogens with two attached hydrogens (primary N) is 1. The van der Waals surface area contributed by atoms with Crippen LogP contribution in [-0.2, 0) is 16.0 Å². The number of aldehydes is 1. The van der Waals surface area contributed by atoms with E-state index >= 15 is 0 Å². The molecule has 0 aliphatic carbocycles. The van der Waals surface area contributed by atoms with Gasteiger partial charge >= 0.3 is 0 Å². The second-order valence-corrected chi connectivity index (χ2v) is 3.07. The van der Waals surface area contributed by atoms with Crippen LogP contribution in [0.1, 0.15) is 5.69 Å². The Labute approximate surface area is 96.1 Å². The lowest BCUT2D eigenvalue weighted by molar-refractivity contribution is -0.108. The van der Waals surface area contributed by atoms with Crippen LogP contribution in [0.3, 0.4) is 0 Å². The van der Waals surface area contributed by atoms with E-state index in [1.54, 1.807) is 19.4 Å². The molecule has 16 heavy (non-hydrogen) atoms. The molecule has 88 valence electrons. The molecule has 0 fully saturated rings. The molecule has 0 spiro atoms. The van der Waals surface area contributed by atoms with Gasteiger partial charge in [0.1, 0.15) is 6.29 Å². The zero-order chi connectivity index (χ0) is 12.2. The van der Waals surface area contributed by atoms with Gasteiger partial charge in [0.25, 0.3) is 0 Å². The van der Waals surface area contributed by atoms with Gasteiger partial charge in [-0.1, -0.05) is 12.1 Å². The molecule has 0 saturated carbocycles. The van der Waals surface area contributed by atoms with Crippen molar-refractivity contribution in [1.29, 1.82) is 0 Å². The van der Waals surface area contributed by atoms with Crippen molar-refractivity contribution in [3.63, 3.8) is 0 Å². The highest BCUT2D eigenvalue weighted by Crippen LogP contribution is 1.95. The third-order valence-electron chi connectivity index (χ3n) is 1.63. The number of carbonyl (C=O) groups excluding carboxylic acids is 1. The van der Waals surface area contributed by atoms with Crippen LogP contribution in [0.5, 0.6) is 0 Å². The van der Waals surface area contributed by atoms with E-state index < -0.39 is 6.04 Å². The highest BCUT2D eigenvalue weighted by atomic mass is 16.5. The molecule has 1 rings (SSSR count). The summed E-state index contributed by atoms with van der Waals surface area (Å²) in [5.74, 6) is 0. The highest BCUT2D eigenvalue weighted by molar-refractivity contribution is 5.57. The normalized spacial score (nSPS) is 10.9. The summed E-state index contributed by atoms with van der Waals surface area (Å²) in [4.78, 5) is 14.2. The standard InChI is InChI=1S/C8H10N2O.C4H8O/c9-7(6-11)5-8-3-1-2-4-10-8;1-3-4-5-2/h1-4,6-7H,5,9H2;3H,1,4H2,2H3/t7-;/m0./s1. The van der Waals surface area contributed by atoms with Crippen LogP contribution in [0.2, 0.25) is 0 Å². The Hall–Kier alpha value is -1.52. The van der Waals surface area contributed by atoms with Crippen molar-refractivity contribution in [3.8, 4) is 0 Å². The summed E-state index contributed by atoms with van der Waals surface area (Å²) in [6.45, 7) is 4.08. The zero-order valence-electron chi connectivity index (χ0n) is 9.50. The number of hydrogen-bond acceptors (Lipinski definition) is 4.